The lowest BCUT2D eigenvalue weighted by Crippen LogP contribution is -2.31. The SMILES string of the molecule is Cc1ccccc1-c1ccc2c3c(ccc4ccccc43)oc2[n+]1C.Cc1ccccc1-c1ccc2c3cc4ccccc4cc3oc2[n+]1C.[2H]C([2H])([2H])c1ccc(-c2ccc3c4cc5ccccc5nc4oc3[n+]2C)c(C)c1. The zero-order chi connectivity index (χ0) is 54.3. The minimum absolute atomic E-state index is 0.349. The van der Waals surface area contributed by atoms with Crippen molar-refractivity contribution in [2.45, 2.75) is 27.6 Å². The van der Waals surface area contributed by atoms with Crippen LogP contribution in [0, 0.1) is 27.6 Å². The number of para-hydroxylation sites is 1. The molecular formula is C69H55N4O3+3. The van der Waals surface area contributed by atoms with E-state index in [-0.39, 0.29) is 0 Å². The van der Waals surface area contributed by atoms with E-state index in [1.807, 2.05) is 61.0 Å². The second-order valence-electron chi connectivity index (χ2n) is 19.8. The number of hydrogen-bond acceptors (Lipinski definition) is 4. The maximum Gasteiger partial charge on any atom is 0.383 e. The van der Waals surface area contributed by atoms with Crippen molar-refractivity contribution in [1.82, 2.24) is 4.98 Å². The average Bonchev–Trinajstić information content (AvgIpc) is 4.21. The number of benzene rings is 8. The van der Waals surface area contributed by atoms with Gasteiger partial charge in [-0.1, -0.05) is 127 Å². The summed E-state index contributed by atoms with van der Waals surface area (Å²) >= 11 is 0. The van der Waals surface area contributed by atoms with Gasteiger partial charge in [-0.05, 0) is 133 Å². The third-order valence-corrected chi connectivity index (χ3v) is 15.1. The molecule has 15 rings (SSSR count). The van der Waals surface area contributed by atoms with E-state index in [2.05, 4.69) is 194 Å². The highest BCUT2D eigenvalue weighted by Gasteiger charge is 2.25. The molecule has 7 heteroatoms. The molecule has 7 nitrogen and oxygen atoms in total. The van der Waals surface area contributed by atoms with E-state index in [0.717, 1.165) is 89.0 Å². The second kappa shape index (κ2) is 18.5. The monoisotopic (exact) mass is 990 g/mol. The summed E-state index contributed by atoms with van der Waals surface area (Å²) in [6.45, 7) is 4.11. The molecule has 0 radical (unpaired) electrons. The summed E-state index contributed by atoms with van der Waals surface area (Å²) in [6, 6.07) is 70.6. The van der Waals surface area contributed by atoms with Crippen molar-refractivity contribution >= 4 is 98.8 Å². The molecule has 0 saturated heterocycles. The van der Waals surface area contributed by atoms with Gasteiger partial charge in [0.05, 0.1) is 21.7 Å². The van der Waals surface area contributed by atoms with Gasteiger partial charge in [-0.15, -0.1) is 0 Å². The zero-order valence-electron chi connectivity index (χ0n) is 46.1. The molecule has 0 atom stereocenters. The van der Waals surface area contributed by atoms with E-state index in [1.54, 1.807) is 12.1 Å². The van der Waals surface area contributed by atoms with Crippen LogP contribution < -0.4 is 13.7 Å². The fourth-order valence-corrected chi connectivity index (χ4v) is 11.2. The Morgan fingerprint density at radius 2 is 0.882 bits per heavy atom. The lowest BCUT2D eigenvalue weighted by atomic mass is 10.0. The Balaban J connectivity index is 0.000000113. The van der Waals surface area contributed by atoms with Gasteiger partial charge < -0.3 is 13.3 Å². The summed E-state index contributed by atoms with van der Waals surface area (Å²) in [5.74, 6) is 0. The van der Waals surface area contributed by atoms with Crippen molar-refractivity contribution in [3.63, 3.8) is 0 Å². The van der Waals surface area contributed by atoms with E-state index in [9.17, 15) is 0 Å². The maximum atomic E-state index is 7.62. The molecule has 366 valence electrons. The van der Waals surface area contributed by atoms with Gasteiger partial charge in [-0.3, -0.25) is 0 Å². The van der Waals surface area contributed by atoms with Crippen molar-refractivity contribution < 1.29 is 31.1 Å². The van der Waals surface area contributed by atoms with Crippen LogP contribution in [0.4, 0.5) is 0 Å². The number of hydrogen-bond donors (Lipinski definition) is 0. The number of nitrogens with zero attached hydrogens (tertiary/aromatic N) is 4. The van der Waals surface area contributed by atoms with Crippen LogP contribution in [0.2, 0.25) is 0 Å². The summed E-state index contributed by atoms with van der Waals surface area (Å²) in [5.41, 5.74) is 16.4. The van der Waals surface area contributed by atoms with Crippen LogP contribution in [0.3, 0.4) is 0 Å². The first kappa shape index (κ1) is 43.0. The molecule has 76 heavy (non-hydrogen) atoms. The number of fused-ring (bicyclic) bond motifs is 13. The van der Waals surface area contributed by atoms with E-state index >= 15 is 0 Å². The Labute approximate surface area is 444 Å². The Morgan fingerprint density at radius 3 is 1.54 bits per heavy atom. The molecule has 8 aromatic carbocycles. The first-order valence-corrected chi connectivity index (χ1v) is 25.6. The molecule has 7 heterocycles. The van der Waals surface area contributed by atoms with Crippen LogP contribution in [0.5, 0.6) is 0 Å². The third-order valence-electron chi connectivity index (χ3n) is 15.1. The van der Waals surface area contributed by atoms with Gasteiger partial charge in [0.15, 0.2) is 0 Å². The average molecular weight is 991 g/mol. The fourth-order valence-electron chi connectivity index (χ4n) is 11.2. The minimum Gasteiger partial charge on any atom is -0.404 e. The summed E-state index contributed by atoms with van der Waals surface area (Å²) < 4.78 is 47.8. The number of aromatic nitrogens is 4. The smallest absolute Gasteiger partial charge is 0.383 e. The van der Waals surface area contributed by atoms with Gasteiger partial charge >= 0.3 is 17.1 Å². The van der Waals surface area contributed by atoms with E-state index in [4.69, 9.17) is 17.4 Å². The van der Waals surface area contributed by atoms with Crippen LogP contribution >= 0.6 is 0 Å². The van der Waals surface area contributed by atoms with Crippen LogP contribution in [0.15, 0.2) is 220 Å². The molecule has 0 fully saturated rings. The standard InChI is InChI=1S/C23H19N2O.2C23H18NO/c1-14-8-9-17(15(2)12-14)21-11-10-18-19-13-16-6-4-5-7-20(16)24-22(19)26-23(18)25(21)3;1-15-7-3-6-10-18(15)21-12-11-19-20-13-16-8-4-5-9-17(16)14-22(20)25-23(19)24(21)2;1-15-7-3-5-9-17(15)20-13-12-19-22-18-10-6-4-8-16(18)11-14-21(22)25-23(19)24(20)2/h4-13H,1-3H3;2*3-14H,1-2H3/q3*+1/i1D3;;. The van der Waals surface area contributed by atoms with Gasteiger partial charge in [-0.25, -0.2) is 4.98 Å². The largest absolute Gasteiger partial charge is 0.404 e. The van der Waals surface area contributed by atoms with Gasteiger partial charge in [0.2, 0.25) is 22.8 Å². The van der Waals surface area contributed by atoms with Crippen LogP contribution in [0.25, 0.3) is 133 Å². The predicted molar refractivity (Wildman–Crippen MR) is 310 cm³/mol. The van der Waals surface area contributed by atoms with Crippen molar-refractivity contribution in [3.05, 3.63) is 229 Å². The summed E-state index contributed by atoms with van der Waals surface area (Å²) in [5, 5.41) is 12.7. The van der Waals surface area contributed by atoms with E-state index in [0.29, 0.717) is 11.3 Å². The number of aryl methyl sites for hydroxylation is 7. The molecule has 0 unspecified atom stereocenters. The third kappa shape index (κ3) is 7.82. The van der Waals surface area contributed by atoms with Crippen molar-refractivity contribution in [3.8, 4) is 33.8 Å². The van der Waals surface area contributed by atoms with Gasteiger partial charge in [-0.2, -0.15) is 13.7 Å². The Bertz CT molecular complexity index is 4930. The fraction of sp³-hybridized carbons (Fsp3) is 0.101. The summed E-state index contributed by atoms with van der Waals surface area (Å²) in [7, 11) is 6.11. The van der Waals surface area contributed by atoms with Crippen LogP contribution in [-0.2, 0) is 21.1 Å². The van der Waals surface area contributed by atoms with Gasteiger partial charge in [0.25, 0.3) is 0 Å². The number of pyridine rings is 4. The predicted octanol–water partition coefficient (Wildman–Crippen LogP) is 16.3. The van der Waals surface area contributed by atoms with Gasteiger partial charge in [0.1, 0.15) is 37.7 Å². The van der Waals surface area contributed by atoms with Crippen molar-refractivity contribution in [2.24, 2.45) is 21.1 Å². The van der Waals surface area contributed by atoms with Crippen LogP contribution in [0.1, 0.15) is 26.4 Å². The second-order valence-corrected chi connectivity index (χ2v) is 19.8. The molecule has 0 amide bonds. The molecular weight excluding hydrogens is 933 g/mol. The molecule has 0 saturated carbocycles. The molecule has 0 spiro atoms. The molecule has 0 aliphatic rings. The first-order chi connectivity index (χ1) is 38.3. The molecule has 0 aliphatic heterocycles. The zero-order valence-corrected chi connectivity index (χ0v) is 43.1. The minimum atomic E-state index is -2.11. The molecule has 15 aromatic rings. The summed E-state index contributed by atoms with van der Waals surface area (Å²) in [6.07, 6.45) is 0. The topological polar surface area (TPSA) is 64.0 Å². The highest BCUT2D eigenvalue weighted by atomic mass is 16.4. The van der Waals surface area contributed by atoms with Crippen molar-refractivity contribution in [2.75, 3.05) is 0 Å². The molecule has 0 N–H and O–H groups in total. The Kier molecular flexibility index (Phi) is 10.5. The maximum absolute atomic E-state index is 7.62. The quantitative estimate of drug-likeness (QED) is 0.165. The molecule has 7 aromatic heterocycles. The van der Waals surface area contributed by atoms with E-state index < -0.39 is 6.85 Å². The molecule has 0 aliphatic carbocycles. The highest BCUT2D eigenvalue weighted by Crippen LogP contribution is 2.36. The summed E-state index contributed by atoms with van der Waals surface area (Å²) in [4.78, 5) is 4.67. The lowest BCUT2D eigenvalue weighted by Gasteiger charge is -2.05. The molecule has 0 bridgehead atoms. The van der Waals surface area contributed by atoms with E-state index in [1.165, 1.54) is 54.6 Å². The lowest BCUT2D eigenvalue weighted by molar-refractivity contribution is -0.640. The normalized spacial score (nSPS) is 12.4. The Hall–Kier alpha value is -9.46. The van der Waals surface area contributed by atoms with Gasteiger partial charge in [0, 0.05) is 55.2 Å². The number of furan rings is 3. The van der Waals surface area contributed by atoms with Crippen molar-refractivity contribution in [1.29, 1.82) is 0 Å². The highest BCUT2D eigenvalue weighted by molar-refractivity contribution is 6.18. The first-order valence-electron chi connectivity index (χ1n) is 27.1. The Morgan fingerprint density at radius 1 is 0.368 bits per heavy atom. The van der Waals surface area contributed by atoms with Crippen LogP contribution in [-0.4, -0.2) is 4.98 Å². The number of rotatable bonds is 3.